The van der Waals surface area contributed by atoms with Gasteiger partial charge >= 0.3 is 0 Å². The maximum absolute atomic E-state index is 11.5. The van der Waals surface area contributed by atoms with Crippen molar-refractivity contribution in [2.45, 2.75) is 39.3 Å². The molecule has 0 fully saturated rings. The summed E-state index contributed by atoms with van der Waals surface area (Å²) >= 11 is 6.44. The SMILES string of the molecule is CCN(CC)C(CNC(=NC)NCC(C)(C)NS(C)(=O)=O)c1ccccc1Cl. The Kier molecular flexibility index (Phi) is 9.69. The minimum Gasteiger partial charge on any atom is -0.355 e. The van der Waals surface area contributed by atoms with Crippen molar-refractivity contribution in [1.29, 1.82) is 0 Å². The summed E-state index contributed by atoms with van der Waals surface area (Å²) < 4.78 is 25.6. The highest BCUT2D eigenvalue weighted by Gasteiger charge is 2.23. The van der Waals surface area contributed by atoms with Gasteiger partial charge in [-0.3, -0.25) is 9.89 Å². The summed E-state index contributed by atoms with van der Waals surface area (Å²) in [6.45, 7) is 10.7. The second-order valence-corrected chi connectivity index (χ2v) is 9.48. The number of likely N-dealkylation sites (N-methyl/N-ethyl adjacent to an activating group) is 1. The van der Waals surface area contributed by atoms with Gasteiger partial charge in [-0.25, -0.2) is 13.1 Å². The molecule has 1 aromatic carbocycles. The largest absolute Gasteiger partial charge is 0.355 e. The Morgan fingerprint density at radius 3 is 2.32 bits per heavy atom. The van der Waals surface area contributed by atoms with E-state index in [2.05, 4.69) is 39.1 Å². The van der Waals surface area contributed by atoms with Gasteiger partial charge in [0.05, 0.1) is 12.3 Å². The number of guanidine groups is 1. The van der Waals surface area contributed by atoms with Gasteiger partial charge in [-0.15, -0.1) is 0 Å². The summed E-state index contributed by atoms with van der Waals surface area (Å²) in [6, 6.07) is 7.95. The molecule has 1 aromatic rings. The second-order valence-electron chi connectivity index (χ2n) is 7.32. The van der Waals surface area contributed by atoms with Gasteiger partial charge in [-0.05, 0) is 38.6 Å². The van der Waals surface area contributed by atoms with E-state index in [4.69, 9.17) is 11.6 Å². The number of hydrogen-bond acceptors (Lipinski definition) is 4. The van der Waals surface area contributed by atoms with Crippen molar-refractivity contribution < 1.29 is 8.42 Å². The number of benzene rings is 1. The smallest absolute Gasteiger partial charge is 0.209 e. The molecular formula is C19H34ClN5O2S. The standard InChI is InChI=1S/C19H34ClN5O2S/c1-7-25(8-2)17(15-11-9-10-12-16(15)20)13-22-18(21-5)23-14-19(3,4)24-28(6,26)27/h9-12,17,24H,7-8,13-14H2,1-6H3,(H2,21,22,23). The van der Waals surface area contributed by atoms with Crippen molar-refractivity contribution in [2.24, 2.45) is 4.99 Å². The molecule has 0 saturated heterocycles. The minimum absolute atomic E-state index is 0.0874. The first-order valence-electron chi connectivity index (χ1n) is 9.45. The van der Waals surface area contributed by atoms with Crippen LogP contribution in [0.2, 0.25) is 5.02 Å². The molecule has 1 atom stereocenters. The van der Waals surface area contributed by atoms with E-state index in [9.17, 15) is 8.42 Å². The summed E-state index contributed by atoms with van der Waals surface area (Å²) in [5, 5.41) is 7.27. The number of nitrogens with one attached hydrogen (secondary N) is 3. The Labute approximate surface area is 175 Å². The number of hydrogen-bond donors (Lipinski definition) is 3. The van der Waals surface area contributed by atoms with Gasteiger partial charge in [0.2, 0.25) is 10.0 Å². The van der Waals surface area contributed by atoms with Crippen molar-refractivity contribution in [1.82, 2.24) is 20.3 Å². The lowest BCUT2D eigenvalue weighted by molar-refractivity contribution is 0.219. The summed E-state index contributed by atoms with van der Waals surface area (Å²) in [7, 11) is -1.60. The molecule has 1 unspecified atom stereocenters. The van der Waals surface area contributed by atoms with E-state index >= 15 is 0 Å². The molecule has 0 aliphatic heterocycles. The van der Waals surface area contributed by atoms with Gasteiger partial charge in [0, 0.05) is 30.7 Å². The number of rotatable bonds is 10. The molecule has 0 aromatic heterocycles. The summed E-state index contributed by atoms with van der Waals surface area (Å²) in [6.07, 6.45) is 1.15. The van der Waals surface area contributed by atoms with E-state index in [1.807, 2.05) is 38.1 Å². The van der Waals surface area contributed by atoms with E-state index in [0.717, 1.165) is 29.9 Å². The van der Waals surface area contributed by atoms with E-state index in [1.165, 1.54) is 0 Å². The van der Waals surface area contributed by atoms with E-state index in [0.29, 0.717) is 19.0 Å². The Balaban J connectivity index is 2.83. The van der Waals surface area contributed by atoms with Crippen molar-refractivity contribution in [3.63, 3.8) is 0 Å². The van der Waals surface area contributed by atoms with Crippen LogP contribution in [0.3, 0.4) is 0 Å². The van der Waals surface area contributed by atoms with Crippen LogP contribution in [-0.2, 0) is 10.0 Å². The number of nitrogens with zero attached hydrogens (tertiary/aromatic N) is 2. The molecular weight excluding hydrogens is 398 g/mol. The lowest BCUT2D eigenvalue weighted by Crippen LogP contribution is -2.53. The lowest BCUT2D eigenvalue weighted by Gasteiger charge is -2.32. The van der Waals surface area contributed by atoms with Gasteiger partial charge in [0.25, 0.3) is 0 Å². The fourth-order valence-electron chi connectivity index (χ4n) is 3.10. The third kappa shape index (κ3) is 8.34. The van der Waals surface area contributed by atoms with Crippen molar-refractivity contribution in [2.75, 3.05) is 39.5 Å². The Morgan fingerprint density at radius 1 is 1.21 bits per heavy atom. The first-order valence-corrected chi connectivity index (χ1v) is 11.7. The first-order chi connectivity index (χ1) is 13.0. The highest BCUT2D eigenvalue weighted by atomic mass is 35.5. The molecule has 160 valence electrons. The normalized spacial score (nSPS) is 14.2. The van der Waals surface area contributed by atoms with E-state index in [1.54, 1.807) is 7.05 Å². The van der Waals surface area contributed by atoms with Gasteiger partial charge in [0.15, 0.2) is 5.96 Å². The van der Waals surface area contributed by atoms with Crippen LogP contribution in [0.1, 0.15) is 39.3 Å². The van der Waals surface area contributed by atoms with Gasteiger partial charge in [-0.1, -0.05) is 43.6 Å². The van der Waals surface area contributed by atoms with Crippen LogP contribution in [0.25, 0.3) is 0 Å². The maximum atomic E-state index is 11.5. The molecule has 0 saturated carbocycles. The van der Waals surface area contributed by atoms with Crippen molar-refractivity contribution in [3.8, 4) is 0 Å². The van der Waals surface area contributed by atoms with E-state index < -0.39 is 15.6 Å². The topological polar surface area (TPSA) is 85.8 Å². The maximum Gasteiger partial charge on any atom is 0.209 e. The number of aliphatic imine (C=N–C) groups is 1. The van der Waals surface area contributed by atoms with Crippen molar-refractivity contribution >= 4 is 27.6 Å². The van der Waals surface area contributed by atoms with Crippen LogP contribution in [0.5, 0.6) is 0 Å². The van der Waals surface area contributed by atoms with Crippen LogP contribution >= 0.6 is 11.6 Å². The predicted octanol–water partition coefficient (Wildman–Crippen LogP) is 2.22. The Morgan fingerprint density at radius 2 is 1.82 bits per heavy atom. The minimum atomic E-state index is -3.29. The summed E-state index contributed by atoms with van der Waals surface area (Å²) in [5.41, 5.74) is 0.418. The van der Waals surface area contributed by atoms with E-state index in [-0.39, 0.29) is 6.04 Å². The first kappa shape index (κ1) is 24.7. The van der Waals surface area contributed by atoms with Crippen molar-refractivity contribution in [3.05, 3.63) is 34.9 Å². The van der Waals surface area contributed by atoms with Crippen LogP contribution in [-0.4, -0.2) is 64.3 Å². The van der Waals surface area contributed by atoms with Crippen LogP contribution in [0.15, 0.2) is 29.3 Å². The molecule has 28 heavy (non-hydrogen) atoms. The fraction of sp³-hybridized carbons (Fsp3) is 0.632. The molecule has 0 heterocycles. The van der Waals surface area contributed by atoms with Gasteiger partial charge in [-0.2, -0.15) is 0 Å². The Bertz CT molecular complexity index is 748. The number of halogens is 1. The highest BCUT2D eigenvalue weighted by molar-refractivity contribution is 7.88. The molecule has 0 bridgehead atoms. The van der Waals surface area contributed by atoms with Gasteiger partial charge in [0.1, 0.15) is 0 Å². The molecule has 1 rings (SSSR count). The zero-order valence-electron chi connectivity index (χ0n) is 17.7. The average molecular weight is 432 g/mol. The summed E-state index contributed by atoms with van der Waals surface area (Å²) in [4.78, 5) is 6.58. The zero-order valence-corrected chi connectivity index (χ0v) is 19.3. The average Bonchev–Trinajstić information content (AvgIpc) is 2.59. The zero-order chi connectivity index (χ0) is 21.4. The third-order valence-electron chi connectivity index (χ3n) is 4.36. The quantitative estimate of drug-likeness (QED) is 0.390. The molecule has 7 nitrogen and oxygen atoms in total. The molecule has 0 radical (unpaired) electrons. The Hall–Kier alpha value is -1.35. The monoisotopic (exact) mass is 431 g/mol. The molecule has 3 N–H and O–H groups in total. The van der Waals surface area contributed by atoms with Gasteiger partial charge < -0.3 is 10.6 Å². The molecule has 0 aliphatic rings. The molecule has 0 aliphatic carbocycles. The second kappa shape index (κ2) is 11.0. The molecule has 9 heteroatoms. The molecule has 0 amide bonds. The summed E-state index contributed by atoms with van der Waals surface area (Å²) in [5.74, 6) is 0.604. The fourth-order valence-corrected chi connectivity index (χ4v) is 4.44. The highest BCUT2D eigenvalue weighted by Crippen LogP contribution is 2.26. The van der Waals surface area contributed by atoms with Crippen LogP contribution in [0.4, 0.5) is 0 Å². The molecule has 0 spiro atoms. The van der Waals surface area contributed by atoms with Crippen LogP contribution < -0.4 is 15.4 Å². The van der Waals surface area contributed by atoms with Crippen LogP contribution in [0, 0.1) is 0 Å². The predicted molar refractivity (Wildman–Crippen MR) is 119 cm³/mol. The third-order valence-corrected chi connectivity index (χ3v) is 5.63. The number of sulfonamides is 1. The lowest BCUT2D eigenvalue weighted by atomic mass is 10.0.